The largest absolute Gasteiger partial charge is 0.341 e. The van der Waals surface area contributed by atoms with Crippen molar-refractivity contribution in [2.45, 2.75) is 11.2 Å². The summed E-state index contributed by atoms with van der Waals surface area (Å²) in [5, 5.41) is 0. The van der Waals surface area contributed by atoms with Crippen molar-refractivity contribution in [3.05, 3.63) is 0 Å². The number of halogens is 1. The normalized spacial score (nSPS) is 22.0. The van der Waals surface area contributed by atoms with Gasteiger partial charge < -0.3 is 4.90 Å². The van der Waals surface area contributed by atoms with Gasteiger partial charge in [-0.05, 0) is 6.42 Å². The van der Waals surface area contributed by atoms with Gasteiger partial charge >= 0.3 is 0 Å². The van der Waals surface area contributed by atoms with Crippen LogP contribution in [0.1, 0.15) is 6.42 Å². The predicted molar refractivity (Wildman–Crippen MR) is 60.1 cm³/mol. The maximum Gasteiger partial charge on any atom is 0.236 e. The molecule has 1 fully saturated rings. The minimum Gasteiger partial charge on any atom is -0.341 e. The zero-order valence-corrected chi connectivity index (χ0v) is 9.73. The van der Waals surface area contributed by atoms with Crippen LogP contribution in [0.15, 0.2) is 0 Å². The molecule has 4 heteroatoms. The van der Waals surface area contributed by atoms with Crippen LogP contribution in [-0.2, 0) is 4.79 Å². The number of likely N-dealkylation sites (tertiary alicyclic amines) is 1. The van der Waals surface area contributed by atoms with E-state index in [1.807, 2.05) is 4.90 Å². The van der Waals surface area contributed by atoms with Crippen LogP contribution in [0.2, 0.25) is 0 Å². The molecule has 1 amide bonds. The van der Waals surface area contributed by atoms with Crippen LogP contribution in [0.3, 0.4) is 0 Å². The quantitative estimate of drug-likeness (QED) is 0.433. The number of rotatable bonds is 4. The van der Waals surface area contributed by atoms with E-state index < -0.39 is 0 Å². The number of amides is 1. The van der Waals surface area contributed by atoms with E-state index >= 15 is 0 Å². The lowest BCUT2D eigenvalue weighted by molar-refractivity contribution is -0.126. The minimum atomic E-state index is 0.0464. The third kappa shape index (κ3) is 3.24. The first kappa shape index (κ1) is 10.9. The third-order valence-electron chi connectivity index (χ3n) is 1.92. The maximum absolute atomic E-state index is 11.4. The molecule has 1 aliphatic rings. The third-order valence-corrected chi connectivity index (χ3v) is 3.61. The van der Waals surface area contributed by atoms with Crippen molar-refractivity contribution in [2.75, 3.05) is 24.6 Å². The van der Waals surface area contributed by atoms with E-state index in [0.717, 1.165) is 31.0 Å². The van der Waals surface area contributed by atoms with Crippen LogP contribution in [0.5, 0.6) is 0 Å². The van der Waals surface area contributed by atoms with E-state index in [9.17, 15) is 4.79 Å². The zero-order valence-electron chi connectivity index (χ0n) is 7.33. The van der Waals surface area contributed by atoms with Gasteiger partial charge in [-0.25, -0.2) is 0 Å². The first-order chi connectivity index (χ1) is 6.25. The molecule has 1 saturated heterocycles. The summed E-state index contributed by atoms with van der Waals surface area (Å²) in [7, 11) is 0. The molecule has 72 valence electrons. The summed E-state index contributed by atoms with van der Waals surface area (Å²) in [6, 6.07) is 0. The lowest BCUT2D eigenvalue weighted by atomic mass is 10.4. The number of carbonyl (C=O) groups is 1. The van der Waals surface area contributed by atoms with Gasteiger partial charge in [-0.15, -0.1) is 18.2 Å². The van der Waals surface area contributed by atoms with Crippen LogP contribution in [0.4, 0.5) is 0 Å². The Morgan fingerprint density at radius 2 is 2.54 bits per heavy atom. The van der Waals surface area contributed by atoms with Gasteiger partial charge in [-0.3, -0.25) is 4.79 Å². The molecule has 13 heavy (non-hydrogen) atoms. The molecule has 1 unspecified atom stereocenters. The number of hydrogen-bond donors (Lipinski definition) is 0. The molecule has 0 aliphatic carbocycles. The summed E-state index contributed by atoms with van der Waals surface area (Å²) in [5.41, 5.74) is 0. The molecule has 0 aromatic rings. The highest BCUT2D eigenvalue weighted by Crippen LogP contribution is 2.18. The van der Waals surface area contributed by atoms with Gasteiger partial charge in [-0.1, -0.05) is 21.9 Å². The van der Waals surface area contributed by atoms with E-state index in [0.29, 0.717) is 0 Å². The van der Waals surface area contributed by atoms with Gasteiger partial charge in [0.25, 0.3) is 0 Å². The molecule has 2 nitrogen and oxygen atoms in total. The smallest absolute Gasteiger partial charge is 0.236 e. The van der Waals surface area contributed by atoms with Crippen LogP contribution in [-0.4, -0.2) is 40.2 Å². The number of alkyl halides is 1. The molecule has 0 saturated carbocycles. The summed E-state index contributed by atoms with van der Waals surface area (Å²) in [5.74, 6) is 4.46. The first-order valence-electron chi connectivity index (χ1n) is 4.19. The molecule has 0 bridgehead atoms. The monoisotopic (exact) mass is 261 g/mol. The van der Waals surface area contributed by atoms with Crippen molar-refractivity contribution >= 4 is 33.6 Å². The van der Waals surface area contributed by atoms with Crippen LogP contribution >= 0.6 is 27.7 Å². The molecular weight excluding hydrogens is 250 g/mol. The van der Waals surface area contributed by atoms with Gasteiger partial charge in [0, 0.05) is 18.8 Å². The number of thioether (sulfide) groups is 1. The second-order valence-electron chi connectivity index (χ2n) is 2.84. The van der Waals surface area contributed by atoms with Crippen LogP contribution < -0.4 is 0 Å². The fourth-order valence-electron chi connectivity index (χ4n) is 1.23. The first-order valence-corrected chi connectivity index (χ1v) is 6.27. The Bertz CT molecular complexity index is 226. The Hall–Kier alpha value is -0.140. The molecule has 1 heterocycles. The number of hydrogen-bond acceptors (Lipinski definition) is 2. The topological polar surface area (TPSA) is 20.3 Å². The number of carbonyl (C=O) groups excluding carboxylic acids is 1. The second kappa shape index (κ2) is 5.56. The molecule has 0 spiro atoms. The van der Waals surface area contributed by atoms with E-state index in [1.54, 1.807) is 11.8 Å². The van der Waals surface area contributed by atoms with Crippen molar-refractivity contribution in [1.29, 1.82) is 0 Å². The molecule has 0 N–H and O–H groups in total. The molecule has 0 radical (unpaired) electrons. The van der Waals surface area contributed by atoms with E-state index in [1.165, 1.54) is 0 Å². The zero-order chi connectivity index (χ0) is 9.68. The van der Waals surface area contributed by atoms with Gasteiger partial charge in [0.1, 0.15) is 0 Å². The summed E-state index contributed by atoms with van der Waals surface area (Å²) in [6.07, 6.45) is 6.04. The van der Waals surface area contributed by atoms with E-state index in [2.05, 4.69) is 21.9 Å². The fourth-order valence-corrected chi connectivity index (χ4v) is 2.33. The van der Waals surface area contributed by atoms with Crippen molar-refractivity contribution in [1.82, 2.24) is 4.90 Å². The summed E-state index contributed by atoms with van der Waals surface area (Å²) < 4.78 is 0. The summed E-state index contributed by atoms with van der Waals surface area (Å²) in [6.45, 7) is 1.71. The van der Waals surface area contributed by atoms with Crippen molar-refractivity contribution in [3.8, 4) is 12.3 Å². The molecular formula is C9H12BrNOS. The minimum absolute atomic E-state index is 0.0464. The Kier molecular flexibility index (Phi) is 4.68. The average Bonchev–Trinajstić information content (AvgIpc) is 2.43. The Morgan fingerprint density at radius 3 is 3.08 bits per heavy atom. The highest BCUT2D eigenvalue weighted by Gasteiger charge is 2.28. The molecule has 0 aromatic carbocycles. The predicted octanol–water partition coefficient (Wildman–Crippen LogP) is 1.35. The molecule has 1 aliphatic heterocycles. The van der Waals surface area contributed by atoms with Gasteiger partial charge in [-0.2, -0.15) is 0 Å². The molecule has 1 atom stereocenters. The van der Waals surface area contributed by atoms with Crippen molar-refractivity contribution < 1.29 is 4.79 Å². The Labute approximate surface area is 91.6 Å². The molecule has 1 rings (SSSR count). The summed E-state index contributed by atoms with van der Waals surface area (Å²) >= 11 is 5.03. The highest BCUT2D eigenvalue weighted by molar-refractivity contribution is 9.10. The van der Waals surface area contributed by atoms with Crippen LogP contribution in [0.25, 0.3) is 0 Å². The lowest BCUT2D eigenvalue weighted by Gasteiger charge is -2.14. The maximum atomic E-state index is 11.4. The van der Waals surface area contributed by atoms with Gasteiger partial charge in [0.15, 0.2) is 0 Å². The average molecular weight is 262 g/mol. The van der Waals surface area contributed by atoms with Crippen LogP contribution in [0, 0.1) is 12.3 Å². The van der Waals surface area contributed by atoms with E-state index in [4.69, 9.17) is 6.42 Å². The summed E-state index contributed by atoms with van der Waals surface area (Å²) in [4.78, 5) is 13.3. The number of nitrogens with zero attached hydrogens (tertiary/aromatic N) is 1. The fraction of sp³-hybridized carbons (Fsp3) is 0.667. The SMILES string of the molecule is C#CCSCCN1CCC(Br)C1=O. The number of terminal acetylenes is 1. The van der Waals surface area contributed by atoms with Gasteiger partial charge in [0.2, 0.25) is 5.91 Å². The Morgan fingerprint density at radius 1 is 1.77 bits per heavy atom. The van der Waals surface area contributed by atoms with Crippen molar-refractivity contribution in [2.24, 2.45) is 0 Å². The second-order valence-corrected chi connectivity index (χ2v) is 5.05. The Balaban J connectivity index is 2.16. The van der Waals surface area contributed by atoms with Gasteiger partial charge in [0.05, 0.1) is 10.6 Å². The highest BCUT2D eigenvalue weighted by atomic mass is 79.9. The van der Waals surface area contributed by atoms with E-state index in [-0.39, 0.29) is 10.7 Å². The molecule has 0 aromatic heterocycles. The van der Waals surface area contributed by atoms with Crippen molar-refractivity contribution in [3.63, 3.8) is 0 Å². The lowest BCUT2D eigenvalue weighted by Crippen LogP contribution is -2.29. The standard InChI is InChI=1S/C9H12BrNOS/c1-2-6-13-7-5-11-4-3-8(10)9(11)12/h1,8H,3-7H2.